The molecular formula is C14H19BrO2. The Morgan fingerprint density at radius 1 is 1.18 bits per heavy atom. The zero-order valence-corrected chi connectivity index (χ0v) is 12.0. The molecular weight excluding hydrogens is 280 g/mol. The van der Waals surface area contributed by atoms with Crippen molar-refractivity contribution in [3.05, 3.63) is 33.3 Å². The highest BCUT2D eigenvalue weighted by Gasteiger charge is 2.03. The number of hydrogen-bond acceptors (Lipinski definition) is 1. The number of carbonyl (C=O) groups is 1. The minimum absolute atomic E-state index is 0.290. The molecule has 1 rings (SSSR count). The molecule has 0 aliphatic rings. The number of halogens is 1. The number of unbranched alkanes of at least 4 members (excludes halogenated alkanes) is 2. The van der Waals surface area contributed by atoms with E-state index in [4.69, 9.17) is 5.11 Å². The van der Waals surface area contributed by atoms with Crippen LogP contribution in [0.5, 0.6) is 0 Å². The molecule has 0 radical (unpaired) electrons. The Bertz CT molecular complexity index is 399. The molecule has 0 amide bonds. The molecule has 0 atom stereocenters. The maximum absolute atomic E-state index is 10.4. The minimum Gasteiger partial charge on any atom is -0.481 e. The molecule has 1 aromatic rings. The van der Waals surface area contributed by atoms with Crippen LogP contribution in [0.1, 0.15) is 42.4 Å². The van der Waals surface area contributed by atoms with Gasteiger partial charge < -0.3 is 5.11 Å². The summed E-state index contributed by atoms with van der Waals surface area (Å²) in [5.41, 5.74) is 3.94. The lowest BCUT2D eigenvalue weighted by Crippen LogP contribution is -1.95. The Morgan fingerprint density at radius 3 is 2.53 bits per heavy atom. The van der Waals surface area contributed by atoms with Gasteiger partial charge in [-0.05, 0) is 55.9 Å². The summed E-state index contributed by atoms with van der Waals surface area (Å²) in [4.78, 5) is 10.4. The van der Waals surface area contributed by atoms with E-state index in [-0.39, 0.29) is 0 Å². The molecule has 1 aromatic carbocycles. The molecule has 0 saturated heterocycles. The van der Waals surface area contributed by atoms with Gasteiger partial charge in [0.05, 0.1) is 0 Å². The van der Waals surface area contributed by atoms with Crippen LogP contribution in [-0.4, -0.2) is 11.1 Å². The van der Waals surface area contributed by atoms with Crippen LogP contribution in [0, 0.1) is 13.8 Å². The van der Waals surface area contributed by atoms with Gasteiger partial charge in [-0.25, -0.2) is 0 Å². The number of rotatable bonds is 6. The molecule has 0 saturated carbocycles. The van der Waals surface area contributed by atoms with Gasteiger partial charge in [0.2, 0.25) is 0 Å². The number of benzene rings is 1. The molecule has 0 aliphatic carbocycles. The number of aryl methyl sites for hydroxylation is 3. The quantitative estimate of drug-likeness (QED) is 0.797. The third-order valence-corrected chi connectivity index (χ3v) is 3.81. The van der Waals surface area contributed by atoms with E-state index in [9.17, 15) is 4.79 Å². The summed E-state index contributed by atoms with van der Waals surface area (Å²) in [7, 11) is 0. The first-order valence-electron chi connectivity index (χ1n) is 5.98. The Kier molecular flexibility index (Phi) is 5.69. The van der Waals surface area contributed by atoms with Crippen molar-refractivity contribution in [1.29, 1.82) is 0 Å². The van der Waals surface area contributed by atoms with Crippen molar-refractivity contribution in [3.8, 4) is 0 Å². The van der Waals surface area contributed by atoms with E-state index in [0.29, 0.717) is 6.42 Å². The van der Waals surface area contributed by atoms with Crippen LogP contribution in [0.25, 0.3) is 0 Å². The molecule has 94 valence electrons. The lowest BCUT2D eigenvalue weighted by Gasteiger charge is -2.08. The molecule has 17 heavy (non-hydrogen) atoms. The number of hydrogen-bond donors (Lipinski definition) is 1. The van der Waals surface area contributed by atoms with Crippen LogP contribution in [0.4, 0.5) is 0 Å². The summed E-state index contributed by atoms with van der Waals surface area (Å²) in [6.07, 6.45) is 4.16. The van der Waals surface area contributed by atoms with E-state index < -0.39 is 5.97 Å². The fourth-order valence-corrected chi connectivity index (χ4v) is 2.34. The predicted molar refractivity (Wildman–Crippen MR) is 73.4 cm³/mol. The van der Waals surface area contributed by atoms with Gasteiger partial charge in [-0.2, -0.15) is 0 Å². The second-order valence-corrected chi connectivity index (χ2v) is 5.34. The van der Waals surface area contributed by atoms with Gasteiger partial charge in [-0.3, -0.25) is 4.79 Å². The van der Waals surface area contributed by atoms with Crippen molar-refractivity contribution in [2.75, 3.05) is 0 Å². The van der Waals surface area contributed by atoms with E-state index in [1.165, 1.54) is 16.7 Å². The lowest BCUT2D eigenvalue weighted by atomic mass is 10.00. The molecule has 2 nitrogen and oxygen atoms in total. The third-order valence-electron chi connectivity index (χ3n) is 2.95. The molecule has 0 spiro atoms. The summed E-state index contributed by atoms with van der Waals surface area (Å²) >= 11 is 3.52. The third kappa shape index (κ3) is 4.90. The van der Waals surface area contributed by atoms with Crippen molar-refractivity contribution in [1.82, 2.24) is 0 Å². The van der Waals surface area contributed by atoms with E-state index in [1.54, 1.807) is 0 Å². The molecule has 0 aromatic heterocycles. The van der Waals surface area contributed by atoms with Gasteiger partial charge in [0.15, 0.2) is 0 Å². The Balaban J connectivity index is 2.41. The Hall–Kier alpha value is -0.830. The molecule has 0 aliphatic heterocycles. The zero-order valence-electron chi connectivity index (χ0n) is 10.4. The first-order valence-corrected chi connectivity index (χ1v) is 6.77. The van der Waals surface area contributed by atoms with Gasteiger partial charge in [0.25, 0.3) is 0 Å². The number of carboxylic acid groups (broad SMARTS) is 1. The average molecular weight is 299 g/mol. The van der Waals surface area contributed by atoms with Crippen LogP contribution >= 0.6 is 15.9 Å². The highest BCUT2D eigenvalue weighted by atomic mass is 79.9. The van der Waals surface area contributed by atoms with Gasteiger partial charge in [0, 0.05) is 10.9 Å². The fourth-order valence-electron chi connectivity index (χ4n) is 1.88. The van der Waals surface area contributed by atoms with Crippen molar-refractivity contribution in [2.24, 2.45) is 0 Å². The summed E-state index contributed by atoms with van der Waals surface area (Å²) < 4.78 is 1.16. The smallest absolute Gasteiger partial charge is 0.303 e. The fraction of sp³-hybridized carbons (Fsp3) is 0.500. The van der Waals surface area contributed by atoms with Gasteiger partial charge >= 0.3 is 5.97 Å². The monoisotopic (exact) mass is 298 g/mol. The Labute approximate surface area is 111 Å². The van der Waals surface area contributed by atoms with Gasteiger partial charge in [-0.1, -0.05) is 28.4 Å². The maximum Gasteiger partial charge on any atom is 0.303 e. The highest BCUT2D eigenvalue weighted by molar-refractivity contribution is 9.10. The summed E-state index contributed by atoms with van der Waals surface area (Å²) in [5, 5.41) is 8.54. The topological polar surface area (TPSA) is 37.3 Å². The predicted octanol–water partition coefficient (Wildman–Crippen LogP) is 4.25. The van der Waals surface area contributed by atoms with Crippen LogP contribution in [-0.2, 0) is 11.2 Å². The largest absolute Gasteiger partial charge is 0.481 e. The van der Waals surface area contributed by atoms with E-state index in [2.05, 4.69) is 41.9 Å². The van der Waals surface area contributed by atoms with Crippen molar-refractivity contribution >= 4 is 21.9 Å². The van der Waals surface area contributed by atoms with Crippen molar-refractivity contribution < 1.29 is 9.90 Å². The summed E-state index contributed by atoms with van der Waals surface area (Å²) in [6.45, 7) is 4.22. The van der Waals surface area contributed by atoms with Crippen LogP contribution in [0.2, 0.25) is 0 Å². The summed E-state index contributed by atoms with van der Waals surface area (Å²) in [6, 6.07) is 4.37. The second kappa shape index (κ2) is 6.80. The lowest BCUT2D eigenvalue weighted by molar-refractivity contribution is -0.137. The van der Waals surface area contributed by atoms with E-state index in [1.807, 2.05) is 0 Å². The normalized spacial score (nSPS) is 10.5. The van der Waals surface area contributed by atoms with Gasteiger partial charge in [0.1, 0.15) is 0 Å². The molecule has 1 N–H and O–H groups in total. The molecule has 0 fully saturated rings. The molecule has 0 heterocycles. The standard InChI is InChI=1S/C14H19BrO2/c1-10-9-13(15)11(2)8-12(10)6-4-3-5-7-14(16)17/h8-9H,3-7H2,1-2H3,(H,16,17). The first kappa shape index (κ1) is 14.2. The maximum atomic E-state index is 10.4. The first-order chi connectivity index (χ1) is 8.00. The van der Waals surface area contributed by atoms with Crippen LogP contribution in [0.15, 0.2) is 16.6 Å². The van der Waals surface area contributed by atoms with Crippen molar-refractivity contribution in [2.45, 2.75) is 46.0 Å². The number of aliphatic carboxylic acids is 1. The highest BCUT2D eigenvalue weighted by Crippen LogP contribution is 2.22. The van der Waals surface area contributed by atoms with Crippen LogP contribution in [0.3, 0.4) is 0 Å². The minimum atomic E-state index is -0.694. The molecule has 0 unspecified atom stereocenters. The molecule has 0 bridgehead atoms. The Morgan fingerprint density at radius 2 is 1.88 bits per heavy atom. The van der Waals surface area contributed by atoms with Gasteiger partial charge in [-0.15, -0.1) is 0 Å². The SMILES string of the molecule is Cc1cc(CCCCCC(=O)O)c(C)cc1Br. The average Bonchev–Trinajstić information content (AvgIpc) is 2.24. The second-order valence-electron chi connectivity index (χ2n) is 4.48. The van der Waals surface area contributed by atoms with Crippen LogP contribution < -0.4 is 0 Å². The van der Waals surface area contributed by atoms with Crippen molar-refractivity contribution in [3.63, 3.8) is 0 Å². The van der Waals surface area contributed by atoms with E-state index >= 15 is 0 Å². The molecule has 3 heteroatoms. The summed E-state index contributed by atoms with van der Waals surface area (Å²) in [5.74, 6) is -0.694. The number of carboxylic acids is 1. The van der Waals surface area contributed by atoms with E-state index in [0.717, 1.165) is 30.2 Å². The zero-order chi connectivity index (χ0) is 12.8.